The van der Waals surface area contributed by atoms with Gasteiger partial charge in [0.15, 0.2) is 0 Å². The van der Waals surface area contributed by atoms with Crippen molar-refractivity contribution in [1.29, 1.82) is 0 Å². The molecule has 0 bridgehead atoms. The van der Waals surface area contributed by atoms with E-state index in [-0.39, 0.29) is 25.2 Å². The van der Waals surface area contributed by atoms with Crippen LogP contribution in [-0.4, -0.2) is 43.3 Å². The molecule has 0 saturated heterocycles. The smallest absolute Gasteiger partial charge is 0.123 e. The molecular weight excluding hydrogens is 268 g/mol. The van der Waals surface area contributed by atoms with Crippen molar-refractivity contribution in [3.05, 3.63) is 25.3 Å². The van der Waals surface area contributed by atoms with Crippen LogP contribution in [0.15, 0.2) is 25.3 Å². The van der Waals surface area contributed by atoms with E-state index in [4.69, 9.17) is 0 Å². The predicted octanol–water partition coefficient (Wildman–Crippen LogP) is 1.29. The lowest BCUT2D eigenvalue weighted by molar-refractivity contribution is -0.254. The Balaban J connectivity index is 2.10. The Kier molecular flexibility index (Phi) is 3.20. The highest BCUT2D eigenvalue weighted by molar-refractivity contribution is 5.32. The van der Waals surface area contributed by atoms with Crippen LogP contribution in [0.2, 0.25) is 0 Å². The molecule has 0 radical (unpaired) electrons. The van der Waals surface area contributed by atoms with Crippen LogP contribution in [0.4, 0.5) is 0 Å². The Labute approximate surface area is 125 Å². The zero-order chi connectivity index (χ0) is 15.5. The van der Waals surface area contributed by atoms with E-state index in [1.54, 1.807) is 6.08 Å². The minimum atomic E-state index is -1.57. The second kappa shape index (κ2) is 4.42. The van der Waals surface area contributed by atoms with Crippen LogP contribution in [0, 0.1) is 11.3 Å². The first-order valence-corrected chi connectivity index (χ1v) is 7.87. The summed E-state index contributed by atoms with van der Waals surface area (Å²) in [4.78, 5) is 0. The quantitative estimate of drug-likeness (QED) is 0.579. The lowest BCUT2D eigenvalue weighted by atomic mass is 9.57. The maximum atomic E-state index is 11.4. The Morgan fingerprint density at radius 3 is 2.24 bits per heavy atom. The van der Waals surface area contributed by atoms with Gasteiger partial charge < -0.3 is 20.4 Å². The van der Waals surface area contributed by atoms with Crippen molar-refractivity contribution in [3.8, 4) is 0 Å². The van der Waals surface area contributed by atoms with Crippen LogP contribution in [-0.2, 0) is 0 Å². The van der Waals surface area contributed by atoms with Crippen LogP contribution in [0.1, 0.15) is 44.9 Å². The number of aliphatic hydroxyl groups excluding tert-OH is 1. The summed E-state index contributed by atoms with van der Waals surface area (Å²) < 4.78 is 0. The first-order valence-electron chi connectivity index (χ1n) is 7.87. The standard InChI is InChI=1S/C17H26O4/c1-3-12-5-7-16(20)14(4-2,9-12)11-15(19)10-13(18)6-8-17(15,16)21/h3-4,12-13,18-21H,1-2,5-11H2. The van der Waals surface area contributed by atoms with Gasteiger partial charge in [-0.15, -0.1) is 13.2 Å². The van der Waals surface area contributed by atoms with Crippen molar-refractivity contribution in [3.63, 3.8) is 0 Å². The first-order chi connectivity index (χ1) is 9.76. The maximum absolute atomic E-state index is 11.4. The van der Waals surface area contributed by atoms with Crippen LogP contribution in [0.25, 0.3) is 0 Å². The second-order valence-electron chi connectivity index (χ2n) is 7.42. The number of aliphatic hydroxyl groups is 4. The van der Waals surface area contributed by atoms with Gasteiger partial charge in [0, 0.05) is 11.8 Å². The molecule has 3 aliphatic rings. The Bertz CT molecular complexity index is 477. The maximum Gasteiger partial charge on any atom is 0.123 e. The zero-order valence-corrected chi connectivity index (χ0v) is 12.5. The molecule has 3 aliphatic carbocycles. The third kappa shape index (κ3) is 1.65. The fraction of sp³-hybridized carbons (Fsp3) is 0.765. The van der Waals surface area contributed by atoms with E-state index < -0.39 is 28.3 Å². The number of hydrogen-bond acceptors (Lipinski definition) is 4. The van der Waals surface area contributed by atoms with E-state index in [1.807, 2.05) is 6.08 Å². The normalized spacial score (nSPS) is 56.4. The van der Waals surface area contributed by atoms with Crippen molar-refractivity contribution in [2.75, 3.05) is 0 Å². The molecule has 3 fully saturated rings. The van der Waals surface area contributed by atoms with Crippen LogP contribution < -0.4 is 0 Å². The monoisotopic (exact) mass is 294 g/mol. The van der Waals surface area contributed by atoms with E-state index in [0.717, 1.165) is 6.42 Å². The summed E-state index contributed by atoms with van der Waals surface area (Å²) in [7, 11) is 0. The molecule has 0 spiro atoms. The molecule has 3 saturated carbocycles. The zero-order valence-electron chi connectivity index (χ0n) is 12.5. The summed E-state index contributed by atoms with van der Waals surface area (Å²) in [5.41, 5.74) is -5.13. The van der Waals surface area contributed by atoms with E-state index in [9.17, 15) is 20.4 Å². The third-order valence-electron chi connectivity index (χ3n) is 6.53. The number of hydrogen-bond donors (Lipinski definition) is 4. The van der Waals surface area contributed by atoms with Crippen molar-refractivity contribution < 1.29 is 20.4 Å². The van der Waals surface area contributed by atoms with Crippen molar-refractivity contribution in [2.24, 2.45) is 11.3 Å². The average molecular weight is 294 g/mol. The minimum absolute atomic E-state index is 0.111. The predicted molar refractivity (Wildman–Crippen MR) is 79.5 cm³/mol. The highest BCUT2D eigenvalue weighted by atomic mass is 16.4. The SMILES string of the molecule is C=CC1CCC2(O)C(C=C)(C1)CC1(O)CC(O)CCC12O. The highest BCUT2D eigenvalue weighted by Gasteiger charge is 2.77. The van der Waals surface area contributed by atoms with Gasteiger partial charge in [-0.05, 0) is 44.4 Å². The third-order valence-corrected chi connectivity index (χ3v) is 6.53. The molecule has 0 aromatic heterocycles. The van der Waals surface area contributed by atoms with Gasteiger partial charge in [0.25, 0.3) is 0 Å². The van der Waals surface area contributed by atoms with Crippen molar-refractivity contribution in [2.45, 2.75) is 67.9 Å². The molecule has 4 nitrogen and oxygen atoms in total. The fourth-order valence-corrected chi connectivity index (χ4v) is 5.35. The Hall–Kier alpha value is -0.680. The van der Waals surface area contributed by atoms with Gasteiger partial charge in [-0.2, -0.15) is 0 Å². The van der Waals surface area contributed by atoms with E-state index in [2.05, 4.69) is 13.2 Å². The first kappa shape index (κ1) is 15.2. The second-order valence-corrected chi connectivity index (χ2v) is 7.42. The topological polar surface area (TPSA) is 80.9 Å². The molecular formula is C17H26O4. The van der Waals surface area contributed by atoms with Gasteiger partial charge in [-0.1, -0.05) is 12.2 Å². The molecule has 6 atom stereocenters. The fourth-order valence-electron chi connectivity index (χ4n) is 5.35. The van der Waals surface area contributed by atoms with Gasteiger partial charge >= 0.3 is 0 Å². The highest BCUT2D eigenvalue weighted by Crippen LogP contribution is 2.67. The van der Waals surface area contributed by atoms with Crippen LogP contribution >= 0.6 is 0 Å². The molecule has 0 aromatic rings. The molecule has 3 rings (SSSR count). The van der Waals surface area contributed by atoms with Gasteiger partial charge in [0.1, 0.15) is 11.2 Å². The molecule has 6 unspecified atom stereocenters. The molecule has 0 aromatic carbocycles. The summed E-state index contributed by atoms with van der Waals surface area (Å²) in [6.07, 6.45) is 5.75. The van der Waals surface area contributed by atoms with Crippen LogP contribution in [0.3, 0.4) is 0 Å². The number of allylic oxidation sites excluding steroid dienone is 1. The molecule has 0 amide bonds. The molecule has 21 heavy (non-hydrogen) atoms. The molecule has 4 heteroatoms. The summed E-state index contributed by atoms with van der Waals surface area (Å²) in [5.74, 6) is 0.251. The van der Waals surface area contributed by atoms with Crippen molar-refractivity contribution in [1.82, 2.24) is 0 Å². The average Bonchev–Trinajstić information content (AvgIpc) is 2.60. The lowest BCUT2D eigenvalue weighted by Gasteiger charge is -2.54. The van der Waals surface area contributed by atoms with Gasteiger partial charge in [0.05, 0.1) is 11.7 Å². The van der Waals surface area contributed by atoms with E-state index in [1.165, 1.54) is 0 Å². The Morgan fingerprint density at radius 2 is 1.62 bits per heavy atom. The number of rotatable bonds is 2. The van der Waals surface area contributed by atoms with E-state index >= 15 is 0 Å². The summed E-state index contributed by atoms with van der Waals surface area (Å²) in [6.45, 7) is 7.74. The molecule has 0 aliphatic heterocycles. The molecule has 4 N–H and O–H groups in total. The Morgan fingerprint density at radius 1 is 0.952 bits per heavy atom. The largest absolute Gasteiger partial charge is 0.393 e. The van der Waals surface area contributed by atoms with Gasteiger partial charge in [-0.3, -0.25) is 0 Å². The van der Waals surface area contributed by atoms with Crippen LogP contribution in [0.5, 0.6) is 0 Å². The summed E-state index contributed by atoms with van der Waals surface area (Å²) in [6, 6.07) is 0. The lowest BCUT2D eigenvalue weighted by Crippen LogP contribution is -2.67. The minimum Gasteiger partial charge on any atom is -0.393 e. The van der Waals surface area contributed by atoms with E-state index in [0.29, 0.717) is 19.3 Å². The summed E-state index contributed by atoms with van der Waals surface area (Å²) >= 11 is 0. The summed E-state index contributed by atoms with van der Waals surface area (Å²) in [5, 5.41) is 43.6. The van der Waals surface area contributed by atoms with Gasteiger partial charge in [0.2, 0.25) is 0 Å². The van der Waals surface area contributed by atoms with Gasteiger partial charge in [-0.25, -0.2) is 0 Å². The molecule has 0 heterocycles. The number of fused-ring (bicyclic) bond motifs is 3. The molecule has 118 valence electrons. The van der Waals surface area contributed by atoms with Crippen molar-refractivity contribution >= 4 is 0 Å².